The van der Waals surface area contributed by atoms with Gasteiger partial charge in [-0.05, 0) is 18.1 Å². The number of benzene rings is 2. The van der Waals surface area contributed by atoms with E-state index in [1.54, 1.807) is 0 Å². The van der Waals surface area contributed by atoms with Crippen molar-refractivity contribution in [1.82, 2.24) is 5.32 Å². The topological polar surface area (TPSA) is 59.6 Å². The number of para-hydroxylation sites is 1. The Balaban J connectivity index is 1.47. The van der Waals surface area contributed by atoms with E-state index in [1.165, 1.54) is 11.1 Å². The van der Waals surface area contributed by atoms with E-state index >= 15 is 0 Å². The third kappa shape index (κ3) is 3.58. The highest BCUT2D eigenvalue weighted by Gasteiger charge is 2.22. The fourth-order valence-electron chi connectivity index (χ4n) is 2.62. The highest BCUT2D eigenvalue weighted by molar-refractivity contribution is 5.77. The van der Waals surface area contributed by atoms with Crippen LogP contribution in [0.1, 0.15) is 17.0 Å². The molecule has 4 heteroatoms. The number of nitrogens with two attached hydrogens (primary N) is 1. The third-order valence-corrected chi connectivity index (χ3v) is 3.84. The zero-order chi connectivity index (χ0) is 15.2. The number of fused-ring (bicyclic) bond motifs is 1. The first kappa shape index (κ1) is 14.4. The van der Waals surface area contributed by atoms with Gasteiger partial charge >= 0.3 is 0 Å². The number of ether oxygens (including phenoxy) is 1. The standard InChI is InChI=1S/C18H21N3O/c19-18(20-11-10-14-6-2-1-3-7-14)21-12-15-13-22-17-9-5-4-8-16(15)17/h1-9,15H,10-13H2,(H3,19,20,21). The second-order valence-corrected chi connectivity index (χ2v) is 5.43. The maximum Gasteiger partial charge on any atom is 0.188 e. The molecular formula is C18H21N3O. The highest BCUT2D eigenvalue weighted by atomic mass is 16.5. The fraction of sp³-hybridized carbons (Fsp3) is 0.278. The van der Waals surface area contributed by atoms with Gasteiger partial charge < -0.3 is 15.8 Å². The van der Waals surface area contributed by atoms with Crippen LogP contribution >= 0.6 is 0 Å². The maximum absolute atomic E-state index is 5.93. The molecule has 0 bridgehead atoms. The van der Waals surface area contributed by atoms with Gasteiger partial charge in [-0.2, -0.15) is 0 Å². The second kappa shape index (κ2) is 6.98. The Bertz CT molecular complexity index is 640. The predicted molar refractivity (Wildman–Crippen MR) is 89.3 cm³/mol. The van der Waals surface area contributed by atoms with Crippen LogP contribution in [-0.4, -0.2) is 25.7 Å². The number of nitrogens with zero attached hydrogens (tertiary/aromatic N) is 1. The smallest absolute Gasteiger partial charge is 0.188 e. The number of guanidine groups is 1. The van der Waals surface area contributed by atoms with E-state index in [2.05, 4.69) is 28.5 Å². The molecule has 0 saturated heterocycles. The maximum atomic E-state index is 5.93. The first-order valence-corrected chi connectivity index (χ1v) is 7.62. The average Bonchev–Trinajstić information content (AvgIpc) is 2.97. The van der Waals surface area contributed by atoms with Crippen molar-refractivity contribution < 1.29 is 4.74 Å². The quantitative estimate of drug-likeness (QED) is 0.657. The summed E-state index contributed by atoms with van der Waals surface area (Å²) in [6.07, 6.45) is 0.937. The Morgan fingerprint density at radius 2 is 1.91 bits per heavy atom. The number of nitrogens with one attached hydrogen (secondary N) is 1. The molecule has 1 aliphatic heterocycles. The van der Waals surface area contributed by atoms with Gasteiger partial charge in [-0.25, -0.2) is 0 Å². The summed E-state index contributed by atoms with van der Waals surface area (Å²) in [5, 5.41) is 3.17. The van der Waals surface area contributed by atoms with Gasteiger partial charge in [0.25, 0.3) is 0 Å². The van der Waals surface area contributed by atoms with Gasteiger partial charge in [0.1, 0.15) is 5.75 Å². The summed E-state index contributed by atoms with van der Waals surface area (Å²) in [4.78, 5) is 4.44. The summed E-state index contributed by atoms with van der Waals surface area (Å²) >= 11 is 0. The molecule has 4 nitrogen and oxygen atoms in total. The average molecular weight is 295 g/mol. The lowest BCUT2D eigenvalue weighted by Crippen LogP contribution is -2.33. The van der Waals surface area contributed by atoms with Crippen LogP contribution in [0.5, 0.6) is 5.75 Å². The highest BCUT2D eigenvalue weighted by Crippen LogP contribution is 2.33. The van der Waals surface area contributed by atoms with Crippen LogP contribution in [-0.2, 0) is 6.42 Å². The molecule has 0 radical (unpaired) electrons. The van der Waals surface area contributed by atoms with Crippen molar-refractivity contribution in [1.29, 1.82) is 0 Å². The van der Waals surface area contributed by atoms with Gasteiger partial charge in [-0.15, -0.1) is 0 Å². The Morgan fingerprint density at radius 1 is 1.14 bits per heavy atom. The zero-order valence-electron chi connectivity index (χ0n) is 12.5. The van der Waals surface area contributed by atoms with Crippen LogP contribution < -0.4 is 15.8 Å². The predicted octanol–water partition coefficient (Wildman–Crippen LogP) is 2.31. The van der Waals surface area contributed by atoms with E-state index in [-0.39, 0.29) is 0 Å². The SMILES string of the molecule is NC(=NCC1COc2ccccc21)NCCc1ccccc1. The monoisotopic (exact) mass is 295 g/mol. The molecule has 0 spiro atoms. The first-order valence-electron chi connectivity index (χ1n) is 7.62. The van der Waals surface area contributed by atoms with Gasteiger partial charge in [0, 0.05) is 18.0 Å². The minimum Gasteiger partial charge on any atom is -0.493 e. The van der Waals surface area contributed by atoms with Gasteiger partial charge in [0.2, 0.25) is 0 Å². The molecule has 3 N–H and O–H groups in total. The molecule has 0 amide bonds. The Hall–Kier alpha value is -2.49. The number of aliphatic imine (C=N–C) groups is 1. The first-order chi connectivity index (χ1) is 10.8. The molecule has 2 aromatic carbocycles. The Kier molecular flexibility index (Phi) is 4.59. The molecule has 0 saturated carbocycles. The van der Waals surface area contributed by atoms with E-state index < -0.39 is 0 Å². The summed E-state index contributed by atoms with van der Waals surface area (Å²) in [6.45, 7) is 2.12. The van der Waals surface area contributed by atoms with Gasteiger partial charge in [-0.3, -0.25) is 4.99 Å². The van der Waals surface area contributed by atoms with Crippen LogP contribution in [0, 0.1) is 0 Å². The molecule has 1 aliphatic rings. The largest absolute Gasteiger partial charge is 0.493 e. The summed E-state index contributed by atoms with van der Waals surface area (Å²) in [5.41, 5.74) is 8.45. The normalized spacial score (nSPS) is 16.9. The molecule has 2 aromatic rings. The molecule has 1 heterocycles. The van der Waals surface area contributed by atoms with Crippen molar-refractivity contribution in [2.24, 2.45) is 10.7 Å². The van der Waals surface area contributed by atoms with E-state index in [0.29, 0.717) is 25.0 Å². The summed E-state index contributed by atoms with van der Waals surface area (Å²) in [6, 6.07) is 18.5. The lowest BCUT2D eigenvalue weighted by atomic mass is 10.0. The van der Waals surface area contributed by atoms with Crippen LogP contribution in [0.2, 0.25) is 0 Å². The van der Waals surface area contributed by atoms with Crippen LogP contribution in [0.4, 0.5) is 0 Å². The molecule has 22 heavy (non-hydrogen) atoms. The third-order valence-electron chi connectivity index (χ3n) is 3.84. The van der Waals surface area contributed by atoms with Crippen molar-refractivity contribution in [2.75, 3.05) is 19.7 Å². The zero-order valence-corrected chi connectivity index (χ0v) is 12.5. The fourth-order valence-corrected chi connectivity index (χ4v) is 2.62. The second-order valence-electron chi connectivity index (χ2n) is 5.43. The summed E-state index contributed by atoms with van der Waals surface area (Å²) in [7, 11) is 0. The van der Waals surface area contributed by atoms with Crippen LogP contribution in [0.25, 0.3) is 0 Å². The Labute approximate surface area is 131 Å². The van der Waals surface area contributed by atoms with Gasteiger partial charge in [-0.1, -0.05) is 48.5 Å². The van der Waals surface area contributed by atoms with Crippen LogP contribution in [0.3, 0.4) is 0 Å². The van der Waals surface area contributed by atoms with Crippen molar-refractivity contribution in [2.45, 2.75) is 12.3 Å². The molecule has 1 atom stereocenters. The molecule has 1 unspecified atom stereocenters. The lowest BCUT2D eigenvalue weighted by Gasteiger charge is -2.08. The molecule has 0 aliphatic carbocycles. The van der Waals surface area contributed by atoms with Crippen molar-refractivity contribution >= 4 is 5.96 Å². The van der Waals surface area contributed by atoms with E-state index in [0.717, 1.165) is 18.7 Å². The van der Waals surface area contributed by atoms with Crippen molar-refractivity contribution in [3.8, 4) is 5.75 Å². The van der Waals surface area contributed by atoms with Crippen molar-refractivity contribution in [3.63, 3.8) is 0 Å². The summed E-state index contributed by atoms with van der Waals surface area (Å²) in [5.74, 6) is 1.77. The van der Waals surface area contributed by atoms with Crippen LogP contribution in [0.15, 0.2) is 59.6 Å². The minimum absolute atomic E-state index is 0.297. The van der Waals surface area contributed by atoms with Crippen molar-refractivity contribution in [3.05, 3.63) is 65.7 Å². The molecule has 0 fully saturated rings. The number of hydrogen-bond acceptors (Lipinski definition) is 2. The van der Waals surface area contributed by atoms with E-state index in [4.69, 9.17) is 10.5 Å². The Morgan fingerprint density at radius 3 is 2.77 bits per heavy atom. The molecule has 114 valence electrons. The number of rotatable bonds is 5. The summed E-state index contributed by atoms with van der Waals surface area (Å²) < 4.78 is 5.65. The van der Waals surface area contributed by atoms with Gasteiger partial charge in [0.15, 0.2) is 5.96 Å². The lowest BCUT2D eigenvalue weighted by molar-refractivity contribution is 0.333. The molecular weight excluding hydrogens is 274 g/mol. The van der Waals surface area contributed by atoms with E-state index in [9.17, 15) is 0 Å². The minimum atomic E-state index is 0.297. The van der Waals surface area contributed by atoms with Gasteiger partial charge in [0.05, 0.1) is 13.2 Å². The molecule has 3 rings (SSSR count). The van der Waals surface area contributed by atoms with E-state index in [1.807, 2.05) is 36.4 Å². The molecule has 0 aromatic heterocycles. The number of hydrogen-bond donors (Lipinski definition) is 2.